The van der Waals surface area contributed by atoms with Crippen molar-refractivity contribution in [2.24, 2.45) is 0 Å². The van der Waals surface area contributed by atoms with Crippen LogP contribution in [-0.2, 0) is 4.74 Å². The summed E-state index contributed by atoms with van der Waals surface area (Å²) >= 11 is 0. The van der Waals surface area contributed by atoms with E-state index in [9.17, 15) is 0 Å². The summed E-state index contributed by atoms with van der Waals surface area (Å²) in [6.07, 6.45) is 4.69. The fourth-order valence-electron chi connectivity index (χ4n) is 1.94. The van der Waals surface area contributed by atoms with Crippen LogP contribution in [0, 0.1) is 22.7 Å². The Balaban J connectivity index is 2.92. The van der Waals surface area contributed by atoms with Gasteiger partial charge in [0.25, 0.3) is 0 Å². The quantitative estimate of drug-likeness (QED) is 0.562. The summed E-state index contributed by atoms with van der Waals surface area (Å²) in [5, 5.41) is 17.7. The standard InChI is InChI=1S/C14H17N3O/c1-11-7-13(14(9-15)10-16)8-12(2)17(11)5-4-6-18-3/h7-8H,4-6H2,1-3H3. The minimum Gasteiger partial charge on any atom is -0.385 e. The fraction of sp³-hybridized carbons (Fsp3) is 0.429. The molecule has 0 amide bonds. The van der Waals surface area contributed by atoms with Crippen LogP contribution in [0.25, 0.3) is 0 Å². The third-order valence-electron chi connectivity index (χ3n) is 2.82. The molecule has 1 heterocycles. The van der Waals surface area contributed by atoms with E-state index >= 15 is 0 Å². The van der Waals surface area contributed by atoms with Gasteiger partial charge in [-0.1, -0.05) is 0 Å². The van der Waals surface area contributed by atoms with Gasteiger partial charge in [-0.15, -0.1) is 0 Å². The highest BCUT2D eigenvalue weighted by Crippen LogP contribution is 2.24. The Morgan fingerprint density at radius 1 is 1.22 bits per heavy atom. The Kier molecular flexibility index (Phi) is 5.17. The van der Waals surface area contributed by atoms with Crippen LogP contribution in [0.15, 0.2) is 34.7 Å². The van der Waals surface area contributed by atoms with E-state index in [0.29, 0.717) is 5.57 Å². The summed E-state index contributed by atoms with van der Waals surface area (Å²) in [5.41, 5.74) is 2.94. The number of hydrogen-bond donors (Lipinski definition) is 0. The van der Waals surface area contributed by atoms with Crippen LogP contribution in [0.5, 0.6) is 0 Å². The molecule has 0 unspecified atom stereocenters. The molecule has 1 rings (SSSR count). The van der Waals surface area contributed by atoms with Crippen LogP contribution in [0.1, 0.15) is 20.3 Å². The average Bonchev–Trinajstić information content (AvgIpc) is 2.34. The number of methoxy groups -OCH3 is 1. The number of ether oxygens (including phenoxy) is 1. The molecule has 0 aliphatic carbocycles. The highest BCUT2D eigenvalue weighted by atomic mass is 16.5. The molecule has 18 heavy (non-hydrogen) atoms. The number of rotatable bonds is 4. The third-order valence-corrected chi connectivity index (χ3v) is 2.82. The Morgan fingerprint density at radius 3 is 2.22 bits per heavy atom. The molecule has 1 aliphatic rings. The maximum absolute atomic E-state index is 8.87. The molecule has 4 heteroatoms. The van der Waals surface area contributed by atoms with E-state index in [2.05, 4.69) is 4.90 Å². The number of hydrogen-bond acceptors (Lipinski definition) is 4. The van der Waals surface area contributed by atoms with Crippen LogP contribution in [0.4, 0.5) is 0 Å². The van der Waals surface area contributed by atoms with Gasteiger partial charge in [-0.25, -0.2) is 0 Å². The highest BCUT2D eigenvalue weighted by molar-refractivity contribution is 5.53. The predicted molar refractivity (Wildman–Crippen MR) is 69.0 cm³/mol. The average molecular weight is 243 g/mol. The lowest BCUT2D eigenvalue weighted by molar-refractivity contribution is 0.186. The molecule has 0 saturated carbocycles. The first-order valence-corrected chi connectivity index (χ1v) is 5.81. The first-order valence-electron chi connectivity index (χ1n) is 5.81. The van der Waals surface area contributed by atoms with Crippen molar-refractivity contribution in [3.63, 3.8) is 0 Å². The van der Waals surface area contributed by atoms with E-state index in [4.69, 9.17) is 15.3 Å². The Bertz CT molecular complexity index is 448. The van der Waals surface area contributed by atoms with Crippen LogP contribution >= 0.6 is 0 Å². The highest BCUT2D eigenvalue weighted by Gasteiger charge is 2.15. The molecule has 0 radical (unpaired) electrons. The van der Waals surface area contributed by atoms with Gasteiger partial charge in [-0.2, -0.15) is 10.5 Å². The van der Waals surface area contributed by atoms with E-state index in [1.165, 1.54) is 0 Å². The van der Waals surface area contributed by atoms with Gasteiger partial charge < -0.3 is 9.64 Å². The van der Waals surface area contributed by atoms with Crippen molar-refractivity contribution in [1.29, 1.82) is 10.5 Å². The lowest BCUT2D eigenvalue weighted by atomic mass is 10.0. The van der Waals surface area contributed by atoms with Crippen LogP contribution in [0.3, 0.4) is 0 Å². The van der Waals surface area contributed by atoms with Gasteiger partial charge in [0.05, 0.1) is 0 Å². The van der Waals surface area contributed by atoms with Crippen molar-refractivity contribution < 1.29 is 4.74 Å². The van der Waals surface area contributed by atoms with Gasteiger partial charge in [-0.3, -0.25) is 0 Å². The van der Waals surface area contributed by atoms with Crippen LogP contribution < -0.4 is 0 Å². The van der Waals surface area contributed by atoms with Crippen molar-refractivity contribution in [2.45, 2.75) is 20.3 Å². The summed E-state index contributed by atoms with van der Waals surface area (Å²) in [6, 6.07) is 3.84. The van der Waals surface area contributed by atoms with Crippen molar-refractivity contribution in [2.75, 3.05) is 20.3 Å². The second-order valence-corrected chi connectivity index (χ2v) is 4.12. The van der Waals surface area contributed by atoms with Gasteiger partial charge in [0.1, 0.15) is 17.7 Å². The lowest BCUT2D eigenvalue weighted by Crippen LogP contribution is -2.24. The number of nitriles is 2. The summed E-state index contributed by atoms with van der Waals surface area (Å²) in [4.78, 5) is 2.16. The molecule has 0 saturated heterocycles. The second kappa shape index (κ2) is 6.64. The molecular weight excluding hydrogens is 226 g/mol. The summed E-state index contributed by atoms with van der Waals surface area (Å²) in [5.74, 6) is 0. The SMILES string of the molecule is COCCCN1C(C)=CC(=C(C#N)C#N)C=C1C. The van der Waals surface area contributed by atoms with E-state index in [0.717, 1.165) is 31.0 Å². The molecule has 0 N–H and O–H groups in total. The van der Waals surface area contributed by atoms with E-state index in [-0.39, 0.29) is 5.57 Å². The predicted octanol–water partition coefficient (Wildman–Crippen LogP) is 2.49. The third kappa shape index (κ3) is 3.23. The van der Waals surface area contributed by atoms with Crippen molar-refractivity contribution in [1.82, 2.24) is 4.90 Å². The maximum Gasteiger partial charge on any atom is 0.137 e. The van der Waals surface area contributed by atoms with E-state index < -0.39 is 0 Å². The molecule has 0 fully saturated rings. The molecule has 1 aliphatic heterocycles. The van der Waals surface area contributed by atoms with Crippen molar-refractivity contribution in [3.05, 3.63) is 34.7 Å². The molecule has 94 valence electrons. The van der Waals surface area contributed by atoms with Crippen molar-refractivity contribution in [3.8, 4) is 12.1 Å². The minimum absolute atomic E-state index is 0.158. The molecule has 4 nitrogen and oxygen atoms in total. The van der Waals surface area contributed by atoms with Gasteiger partial charge in [0, 0.05) is 37.2 Å². The first-order chi connectivity index (χ1) is 8.63. The van der Waals surface area contributed by atoms with Gasteiger partial charge >= 0.3 is 0 Å². The Morgan fingerprint density at radius 2 is 1.78 bits per heavy atom. The molecule has 0 bridgehead atoms. The molecule has 0 aromatic rings. The molecule has 0 spiro atoms. The maximum atomic E-state index is 8.87. The summed E-state index contributed by atoms with van der Waals surface area (Å²) < 4.78 is 5.04. The normalized spacial score (nSPS) is 14.5. The first kappa shape index (κ1) is 14.0. The minimum atomic E-state index is 0.158. The van der Waals surface area contributed by atoms with Gasteiger partial charge in [0.15, 0.2) is 0 Å². The number of allylic oxidation sites excluding steroid dienone is 6. The largest absolute Gasteiger partial charge is 0.385 e. The molecule has 0 atom stereocenters. The summed E-state index contributed by atoms with van der Waals surface area (Å²) in [6.45, 7) is 5.56. The zero-order valence-corrected chi connectivity index (χ0v) is 11.0. The molecular formula is C14H17N3O. The zero-order valence-electron chi connectivity index (χ0n) is 11.0. The Hall–Kier alpha value is -2.04. The molecule has 0 aromatic carbocycles. The lowest BCUT2D eigenvalue weighted by Gasteiger charge is -2.29. The smallest absolute Gasteiger partial charge is 0.137 e. The van der Waals surface area contributed by atoms with Gasteiger partial charge in [-0.05, 0) is 32.4 Å². The van der Waals surface area contributed by atoms with E-state index in [1.807, 2.05) is 38.1 Å². The fourth-order valence-corrected chi connectivity index (χ4v) is 1.94. The van der Waals surface area contributed by atoms with Gasteiger partial charge in [0.2, 0.25) is 0 Å². The van der Waals surface area contributed by atoms with E-state index in [1.54, 1.807) is 7.11 Å². The topological polar surface area (TPSA) is 60.0 Å². The Labute approximate surface area is 108 Å². The van der Waals surface area contributed by atoms with Crippen LogP contribution in [0.2, 0.25) is 0 Å². The second-order valence-electron chi connectivity index (χ2n) is 4.12. The van der Waals surface area contributed by atoms with Crippen LogP contribution in [-0.4, -0.2) is 25.2 Å². The zero-order chi connectivity index (χ0) is 13.5. The molecule has 0 aromatic heterocycles. The number of nitrogens with zero attached hydrogens (tertiary/aromatic N) is 3. The van der Waals surface area contributed by atoms with Crippen molar-refractivity contribution >= 4 is 0 Å². The monoisotopic (exact) mass is 243 g/mol. The summed E-state index contributed by atoms with van der Waals surface area (Å²) in [7, 11) is 1.69.